The number of nitrogens with zero attached hydrogens (tertiary/aromatic N) is 2. The van der Waals surface area contributed by atoms with E-state index in [4.69, 9.17) is 0 Å². The van der Waals surface area contributed by atoms with E-state index >= 15 is 0 Å². The van der Waals surface area contributed by atoms with Crippen LogP contribution in [0.15, 0.2) is 35.4 Å². The first kappa shape index (κ1) is 12.0. The molecular formula is C14H21N3. The van der Waals surface area contributed by atoms with E-state index in [2.05, 4.69) is 53.5 Å². The molecule has 1 aliphatic rings. The van der Waals surface area contributed by atoms with Gasteiger partial charge in [-0.1, -0.05) is 31.5 Å². The van der Waals surface area contributed by atoms with E-state index < -0.39 is 0 Å². The monoisotopic (exact) mass is 231 g/mol. The van der Waals surface area contributed by atoms with Gasteiger partial charge in [0.2, 0.25) is 0 Å². The van der Waals surface area contributed by atoms with Gasteiger partial charge in [0.05, 0.1) is 11.7 Å². The summed E-state index contributed by atoms with van der Waals surface area (Å²) in [7, 11) is 0. The number of unbranched alkanes of at least 4 members (excludes halogenated alkanes) is 1. The van der Waals surface area contributed by atoms with Crippen molar-refractivity contribution >= 4 is 11.5 Å². The number of rotatable bonds is 4. The molecule has 0 radical (unpaired) electrons. The van der Waals surface area contributed by atoms with Gasteiger partial charge in [0.15, 0.2) is 0 Å². The van der Waals surface area contributed by atoms with Crippen molar-refractivity contribution in [3.05, 3.63) is 30.3 Å². The minimum Gasteiger partial charge on any atom is -0.372 e. The molecule has 1 N–H and O–H groups in total. The lowest BCUT2D eigenvalue weighted by atomic mass is 10.2. The Balaban J connectivity index is 1.99. The van der Waals surface area contributed by atoms with Crippen LogP contribution in [0.3, 0.4) is 0 Å². The summed E-state index contributed by atoms with van der Waals surface area (Å²) in [6.45, 7) is 5.45. The van der Waals surface area contributed by atoms with Gasteiger partial charge in [0, 0.05) is 13.0 Å². The topological polar surface area (TPSA) is 27.6 Å². The molecule has 1 atom stereocenters. The SMILES string of the molecule is CCCCNC1=NN(c2ccccc2)C(C)C1. The fourth-order valence-corrected chi connectivity index (χ4v) is 2.05. The van der Waals surface area contributed by atoms with Gasteiger partial charge in [0.25, 0.3) is 0 Å². The summed E-state index contributed by atoms with van der Waals surface area (Å²) in [4.78, 5) is 0. The van der Waals surface area contributed by atoms with Crippen molar-refractivity contribution in [1.29, 1.82) is 0 Å². The van der Waals surface area contributed by atoms with Crippen LogP contribution >= 0.6 is 0 Å². The van der Waals surface area contributed by atoms with Gasteiger partial charge in [-0.25, -0.2) is 0 Å². The second-order valence-electron chi connectivity index (χ2n) is 4.56. The quantitative estimate of drug-likeness (QED) is 0.807. The van der Waals surface area contributed by atoms with Crippen LogP contribution in [-0.2, 0) is 0 Å². The average Bonchev–Trinajstić information content (AvgIpc) is 2.72. The molecule has 0 fully saturated rings. The van der Waals surface area contributed by atoms with Crippen molar-refractivity contribution in [3.63, 3.8) is 0 Å². The molecule has 0 bridgehead atoms. The third-order valence-corrected chi connectivity index (χ3v) is 3.01. The Labute approximate surface area is 104 Å². The summed E-state index contributed by atoms with van der Waals surface area (Å²) in [5.74, 6) is 1.12. The van der Waals surface area contributed by atoms with Gasteiger partial charge in [-0.3, -0.25) is 5.01 Å². The number of hydrazone groups is 1. The van der Waals surface area contributed by atoms with E-state index in [1.807, 2.05) is 6.07 Å². The fraction of sp³-hybridized carbons (Fsp3) is 0.500. The van der Waals surface area contributed by atoms with Crippen molar-refractivity contribution in [3.8, 4) is 0 Å². The van der Waals surface area contributed by atoms with Crippen LogP contribution in [0.1, 0.15) is 33.1 Å². The van der Waals surface area contributed by atoms with Crippen molar-refractivity contribution in [2.75, 3.05) is 11.6 Å². The molecule has 1 heterocycles. The molecule has 1 unspecified atom stereocenters. The van der Waals surface area contributed by atoms with Crippen molar-refractivity contribution < 1.29 is 0 Å². The third kappa shape index (κ3) is 2.99. The number of benzene rings is 1. The molecule has 0 saturated carbocycles. The second-order valence-corrected chi connectivity index (χ2v) is 4.56. The van der Waals surface area contributed by atoms with Gasteiger partial charge >= 0.3 is 0 Å². The largest absolute Gasteiger partial charge is 0.372 e. The highest BCUT2D eigenvalue weighted by Gasteiger charge is 2.23. The van der Waals surface area contributed by atoms with Gasteiger partial charge in [-0.2, -0.15) is 5.10 Å². The highest BCUT2D eigenvalue weighted by molar-refractivity contribution is 5.86. The number of nitrogens with one attached hydrogen (secondary N) is 1. The van der Waals surface area contributed by atoms with E-state index in [1.54, 1.807) is 0 Å². The molecule has 3 heteroatoms. The van der Waals surface area contributed by atoms with E-state index in [0.29, 0.717) is 6.04 Å². The van der Waals surface area contributed by atoms with Crippen molar-refractivity contribution in [2.45, 2.75) is 39.2 Å². The molecule has 92 valence electrons. The Morgan fingerprint density at radius 3 is 2.82 bits per heavy atom. The molecule has 0 aromatic heterocycles. The van der Waals surface area contributed by atoms with Crippen molar-refractivity contribution in [2.24, 2.45) is 5.10 Å². The maximum Gasteiger partial charge on any atom is 0.125 e. The Kier molecular flexibility index (Phi) is 4.02. The summed E-state index contributed by atoms with van der Waals surface area (Å²) < 4.78 is 0. The van der Waals surface area contributed by atoms with Gasteiger partial charge in [0.1, 0.15) is 5.84 Å². The first-order valence-corrected chi connectivity index (χ1v) is 6.47. The van der Waals surface area contributed by atoms with Crippen LogP contribution < -0.4 is 10.3 Å². The van der Waals surface area contributed by atoms with Crippen LogP contribution in [0, 0.1) is 0 Å². The van der Waals surface area contributed by atoms with Gasteiger partial charge < -0.3 is 5.32 Å². The Bertz CT molecular complexity index is 372. The van der Waals surface area contributed by atoms with Crippen LogP contribution in [0.25, 0.3) is 0 Å². The minimum absolute atomic E-state index is 0.446. The van der Waals surface area contributed by atoms with Crippen LogP contribution in [0.4, 0.5) is 5.69 Å². The zero-order valence-corrected chi connectivity index (χ0v) is 10.7. The summed E-state index contributed by atoms with van der Waals surface area (Å²) in [6, 6.07) is 10.8. The van der Waals surface area contributed by atoms with E-state index in [1.165, 1.54) is 18.5 Å². The zero-order chi connectivity index (χ0) is 12.1. The number of hydrogen-bond acceptors (Lipinski definition) is 3. The molecule has 2 rings (SSSR count). The van der Waals surface area contributed by atoms with Crippen LogP contribution in [0.2, 0.25) is 0 Å². The lowest BCUT2D eigenvalue weighted by Crippen LogP contribution is -2.24. The summed E-state index contributed by atoms with van der Waals surface area (Å²) in [6.07, 6.45) is 3.44. The van der Waals surface area contributed by atoms with E-state index in [9.17, 15) is 0 Å². The molecule has 3 nitrogen and oxygen atoms in total. The van der Waals surface area contributed by atoms with E-state index in [-0.39, 0.29) is 0 Å². The molecule has 17 heavy (non-hydrogen) atoms. The fourth-order valence-electron chi connectivity index (χ4n) is 2.05. The van der Waals surface area contributed by atoms with Gasteiger partial charge in [-0.05, 0) is 25.5 Å². The number of anilines is 1. The van der Waals surface area contributed by atoms with E-state index in [0.717, 1.165) is 18.8 Å². The Morgan fingerprint density at radius 1 is 1.35 bits per heavy atom. The number of para-hydroxylation sites is 1. The van der Waals surface area contributed by atoms with Gasteiger partial charge in [-0.15, -0.1) is 0 Å². The summed E-state index contributed by atoms with van der Waals surface area (Å²) >= 11 is 0. The number of amidine groups is 1. The highest BCUT2D eigenvalue weighted by Crippen LogP contribution is 2.23. The van der Waals surface area contributed by atoms with Crippen LogP contribution in [0.5, 0.6) is 0 Å². The first-order valence-electron chi connectivity index (χ1n) is 6.47. The lowest BCUT2D eigenvalue weighted by molar-refractivity contribution is 0.716. The number of hydrogen-bond donors (Lipinski definition) is 1. The third-order valence-electron chi connectivity index (χ3n) is 3.01. The molecule has 1 aliphatic heterocycles. The maximum absolute atomic E-state index is 4.65. The molecule has 0 amide bonds. The first-order chi connectivity index (χ1) is 8.31. The molecule has 1 aromatic carbocycles. The second kappa shape index (κ2) is 5.71. The molecule has 0 spiro atoms. The molecule has 1 aromatic rings. The lowest BCUT2D eigenvalue weighted by Gasteiger charge is -2.19. The molecular weight excluding hydrogens is 210 g/mol. The van der Waals surface area contributed by atoms with Crippen LogP contribution in [-0.4, -0.2) is 18.4 Å². The maximum atomic E-state index is 4.65. The minimum atomic E-state index is 0.446. The molecule has 0 aliphatic carbocycles. The average molecular weight is 231 g/mol. The standard InChI is InChI=1S/C14H21N3/c1-3-4-10-15-14-11-12(2)17(16-14)13-8-6-5-7-9-13/h5-9,12H,3-4,10-11H2,1-2H3,(H,15,16). The highest BCUT2D eigenvalue weighted by atomic mass is 15.5. The Hall–Kier alpha value is -1.51. The Morgan fingerprint density at radius 2 is 2.12 bits per heavy atom. The summed E-state index contributed by atoms with van der Waals surface area (Å²) in [5.41, 5.74) is 1.17. The summed E-state index contributed by atoms with van der Waals surface area (Å²) in [5, 5.41) is 10.2. The zero-order valence-electron chi connectivity index (χ0n) is 10.7. The predicted octanol–water partition coefficient (Wildman–Crippen LogP) is 2.99. The van der Waals surface area contributed by atoms with Crippen molar-refractivity contribution in [1.82, 2.24) is 5.32 Å². The molecule has 0 saturated heterocycles. The predicted molar refractivity (Wildman–Crippen MR) is 73.3 cm³/mol. The smallest absolute Gasteiger partial charge is 0.125 e. The normalized spacial score (nSPS) is 19.3.